The van der Waals surface area contributed by atoms with Crippen LogP contribution >= 0.6 is 0 Å². The normalized spacial score (nSPS) is 12.4. The highest BCUT2D eigenvalue weighted by atomic mass is 16.1. The van der Waals surface area contributed by atoms with Crippen LogP contribution in [-0.2, 0) is 0 Å². The van der Waals surface area contributed by atoms with Crippen molar-refractivity contribution >= 4 is 5.78 Å². The van der Waals surface area contributed by atoms with E-state index in [9.17, 15) is 4.79 Å². The number of ketones is 1. The van der Waals surface area contributed by atoms with Crippen LogP contribution in [0.1, 0.15) is 17.3 Å². The summed E-state index contributed by atoms with van der Waals surface area (Å²) in [6.45, 7) is 2.76. The maximum absolute atomic E-state index is 12.3. The fourth-order valence-electron chi connectivity index (χ4n) is 2.37. The first kappa shape index (κ1) is 14.5. The highest BCUT2D eigenvalue weighted by Crippen LogP contribution is 2.20. The van der Waals surface area contributed by atoms with E-state index < -0.39 is 0 Å². The van der Waals surface area contributed by atoms with Crippen LogP contribution in [-0.4, -0.2) is 31.3 Å². The maximum Gasteiger partial charge on any atom is 0.166 e. The molecule has 0 fully saturated rings. The van der Waals surface area contributed by atoms with Crippen molar-refractivity contribution in [2.75, 3.05) is 20.6 Å². The third-order valence-electron chi connectivity index (χ3n) is 3.36. The van der Waals surface area contributed by atoms with Crippen LogP contribution in [0.15, 0.2) is 54.6 Å². The van der Waals surface area contributed by atoms with Gasteiger partial charge in [-0.15, -0.1) is 0 Å². The number of rotatable bonds is 5. The van der Waals surface area contributed by atoms with Crippen LogP contribution in [0, 0.1) is 5.92 Å². The van der Waals surface area contributed by atoms with E-state index in [1.165, 1.54) is 5.56 Å². The Bertz CT molecular complexity index is 558. The molecule has 0 spiro atoms. The minimum atomic E-state index is 0.0209. The van der Waals surface area contributed by atoms with Crippen molar-refractivity contribution in [3.05, 3.63) is 60.2 Å². The zero-order valence-corrected chi connectivity index (χ0v) is 12.3. The summed E-state index contributed by atoms with van der Waals surface area (Å²) in [5, 5.41) is 0. The van der Waals surface area contributed by atoms with E-state index in [0.717, 1.165) is 17.7 Å². The van der Waals surface area contributed by atoms with E-state index in [1.807, 2.05) is 68.4 Å². The number of hydrogen-bond acceptors (Lipinski definition) is 2. The predicted molar refractivity (Wildman–Crippen MR) is 83.9 cm³/mol. The highest BCUT2D eigenvalue weighted by Gasteiger charge is 2.15. The average Bonchev–Trinajstić information content (AvgIpc) is 2.47. The average molecular weight is 267 g/mol. The molecule has 0 heterocycles. The molecular formula is C18H21NO. The fraction of sp³-hybridized carbons (Fsp3) is 0.278. The lowest BCUT2D eigenvalue weighted by Crippen LogP contribution is -2.25. The lowest BCUT2D eigenvalue weighted by atomic mass is 9.96. The molecule has 104 valence electrons. The van der Waals surface area contributed by atoms with Gasteiger partial charge in [-0.1, -0.05) is 61.5 Å². The van der Waals surface area contributed by atoms with Gasteiger partial charge in [0.2, 0.25) is 0 Å². The van der Waals surface area contributed by atoms with E-state index in [1.54, 1.807) is 0 Å². The van der Waals surface area contributed by atoms with E-state index in [2.05, 4.69) is 12.1 Å². The molecule has 0 radical (unpaired) electrons. The minimum absolute atomic E-state index is 0.0209. The summed E-state index contributed by atoms with van der Waals surface area (Å²) in [7, 11) is 3.98. The summed E-state index contributed by atoms with van der Waals surface area (Å²) < 4.78 is 0. The summed E-state index contributed by atoms with van der Waals surface area (Å²) in [5.41, 5.74) is 3.11. The van der Waals surface area contributed by atoms with Gasteiger partial charge >= 0.3 is 0 Å². The van der Waals surface area contributed by atoms with Gasteiger partial charge < -0.3 is 4.90 Å². The molecule has 20 heavy (non-hydrogen) atoms. The van der Waals surface area contributed by atoms with Crippen molar-refractivity contribution < 1.29 is 4.79 Å². The molecule has 2 rings (SSSR count). The number of Topliss-reactive ketones (excluding diaryl/α,β-unsaturated/α-hetero) is 1. The van der Waals surface area contributed by atoms with Crippen LogP contribution in [0.3, 0.4) is 0 Å². The molecule has 0 saturated carbocycles. The lowest BCUT2D eigenvalue weighted by molar-refractivity contribution is 0.0910. The largest absolute Gasteiger partial charge is 0.309 e. The van der Waals surface area contributed by atoms with Gasteiger partial charge in [0.05, 0.1) is 0 Å². The Morgan fingerprint density at radius 2 is 1.50 bits per heavy atom. The van der Waals surface area contributed by atoms with Crippen molar-refractivity contribution in [3.8, 4) is 11.1 Å². The summed E-state index contributed by atoms with van der Waals surface area (Å²) >= 11 is 0. The van der Waals surface area contributed by atoms with Gasteiger partial charge in [0.25, 0.3) is 0 Å². The Labute approximate surface area is 121 Å². The third kappa shape index (κ3) is 3.55. The van der Waals surface area contributed by atoms with Crippen LogP contribution in [0.2, 0.25) is 0 Å². The van der Waals surface area contributed by atoms with E-state index in [4.69, 9.17) is 0 Å². The Morgan fingerprint density at radius 1 is 0.950 bits per heavy atom. The summed E-state index contributed by atoms with van der Waals surface area (Å²) in [4.78, 5) is 14.3. The van der Waals surface area contributed by atoms with Crippen molar-refractivity contribution in [2.45, 2.75) is 6.92 Å². The molecule has 2 heteroatoms. The molecule has 2 nitrogen and oxygen atoms in total. The minimum Gasteiger partial charge on any atom is -0.309 e. The van der Waals surface area contributed by atoms with Gasteiger partial charge in [-0.3, -0.25) is 4.79 Å². The van der Waals surface area contributed by atoms with Gasteiger partial charge in [0.15, 0.2) is 5.78 Å². The summed E-state index contributed by atoms with van der Waals surface area (Å²) in [5.74, 6) is 0.228. The first-order valence-corrected chi connectivity index (χ1v) is 6.92. The molecule has 0 aliphatic carbocycles. The van der Waals surface area contributed by atoms with Crippen LogP contribution in [0.25, 0.3) is 11.1 Å². The zero-order valence-electron chi connectivity index (χ0n) is 12.3. The fourth-order valence-corrected chi connectivity index (χ4v) is 2.37. The number of benzene rings is 2. The lowest BCUT2D eigenvalue weighted by Gasteiger charge is -2.16. The number of carbonyl (C=O) groups excluding carboxylic acids is 1. The van der Waals surface area contributed by atoms with Gasteiger partial charge in [-0.05, 0) is 25.2 Å². The van der Waals surface area contributed by atoms with Gasteiger partial charge in [-0.25, -0.2) is 0 Å². The second-order valence-corrected chi connectivity index (χ2v) is 5.47. The van der Waals surface area contributed by atoms with Crippen molar-refractivity contribution in [1.29, 1.82) is 0 Å². The Morgan fingerprint density at radius 3 is 2.05 bits per heavy atom. The smallest absolute Gasteiger partial charge is 0.166 e. The van der Waals surface area contributed by atoms with Gasteiger partial charge in [0.1, 0.15) is 0 Å². The SMILES string of the molecule is C[C@@H](CN(C)C)C(=O)c1ccc(-c2ccccc2)cc1. The standard InChI is InChI=1S/C18H21NO/c1-14(13-19(2)3)18(20)17-11-9-16(10-12-17)15-7-5-4-6-8-15/h4-12,14H,13H2,1-3H3/t14-/m0/s1. The monoisotopic (exact) mass is 267 g/mol. The first-order valence-electron chi connectivity index (χ1n) is 6.92. The molecule has 2 aromatic rings. The molecule has 0 N–H and O–H groups in total. The molecule has 1 atom stereocenters. The topological polar surface area (TPSA) is 20.3 Å². The number of carbonyl (C=O) groups is 1. The number of nitrogens with zero attached hydrogens (tertiary/aromatic N) is 1. The molecule has 0 saturated heterocycles. The molecule has 2 aromatic carbocycles. The van der Waals surface area contributed by atoms with Crippen LogP contribution in [0.5, 0.6) is 0 Å². The van der Waals surface area contributed by atoms with Crippen LogP contribution in [0.4, 0.5) is 0 Å². The second kappa shape index (κ2) is 6.49. The molecule has 0 aliphatic heterocycles. The molecule has 0 amide bonds. The highest BCUT2D eigenvalue weighted by molar-refractivity contribution is 5.98. The predicted octanol–water partition coefficient (Wildman–Crippen LogP) is 3.73. The molecular weight excluding hydrogens is 246 g/mol. The Kier molecular flexibility index (Phi) is 4.70. The quantitative estimate of drug-likeness (QED) is 0.769. The molecule has 0 bridgehead atoms. The maximum atomic E-state index is 12.3. The van der Waals surface area contributed by atoms with Gasteiger partial charge in [-0.2, -0.15) is 0 Å². The Hall–Kier alpha value is -1.93. The zero-order chi connectivity index (χ0) is 14.5. The second-order valence-electron chi connectivity index (χ2n) is 5.47. The van der Waals surface area contributed by atoms with E-state index in [0.29, 0.717) is 0 Å². The third-order valence-corrected chi connectivity index (χ3v) is 3.36. The van der Waals surface area contributed by atoms with E-state index in [-0.39, 0.29) is 11.7 Å². The van der Waals surface area contributed by atoms with Crippen molar-refractivity contribution in [3.63, 3.8) is 0 Å². The van der Waals surface area contributed by atoms with E-state index >= 15 is 0 Å². The molecule has 0 aliphatic rings. The number of hydrogen-bond donors (Lipinski definition) is 0. The van der Waals surface area contributed by atoms with Gasteiger partial charge in [0, 0.05) is 18.0 Å². The summed E-state index contributed by atoms with van der Waals surface area (Å²) in [6, 6.07) is 18.1. The Balaban J connectivity index is 2.14. The van der Waals surface area contributed by atoms with Crippen molar-refractivity contribution in [2.24, 2.45) is 5.92 Å². The van der Waals surface area contributed by atoms with Crippen LogP contribution < -0.4 is 0 Å². The first-order chi connectivity index (χ1) is 9.58. The molecule has 0 unspecified atom stereocenters. The molecule has 0 aromatic heterocycles. The van der Waals surface area contributed by atoms with Crippen molar-refractivity contribution in [1.82, 2.24) is 4.90 Å². The summed E-state index contributed by atoms with van der Waals surface area (Å²) in [6.07, 6.45) is 0.